The number of benzene rings is 1. The van der Waals surface area contributed by atoms with Crippen LogP contribution in [-0.4, -0.2) is 79.0 Å². The van der Waals surface area contributed by atoms with Gasteiger partial charge in [0.15, 0.2) is 0 Å². The third kappa shape index (κ3) is 4.43. The number of nitrogens with one attached hydrogen (secondary N) is 1. The zero-order valence-corrected chi connectivity index (χ0v) is 20.4. The molecule has 1 aromatic heterocycles. The van der Waals surface area contributed by atoms with Crippen LogP contribution >= 0.6 is 0 Å². The Balaban J connectivity index is 2.22. The van der Waals surface area contributed by atoms with E-state index in [1.807, 2.05) is 19.0 Å². The molecule has 3 rings (SSSR count). The summed E-state index contributed by atoms with van der Waals surface area (Å²) >= 11 is 0. The molecule has 0 unspecified atom stereocenters. The van der Waals surface area contributed by atoms with Gasteiger partial charge in [0.05, 0.1) is 25.8 Å². The van der Waals surface area contributed by atoms with Gasteiger partial charge in [0.1, 0.15) is 17.2 Å². The van der Waals surface area contributed by atoms with E-state index in [1.54, 1.807) is 38.1 Å². The van der Waals surface area contributed by atoms with Crippen molar-refractivity contribution in [2.75, 3.05) is 41.4 Å². The third-order valence-corrected chi connectivity index (χ3v) is 6.04. The predicted octanol–water partition coefficient (Wildman–Crippen LogP) is 2.80. The molecule has 0 saturated carbocycles. The molecular formula is C25H31N3O6. The Morgan fingerprint density at radius 2 is 1.85 bits per heavy atom. The summed E-state index contributed by atoms with van der Waals surface area (Å²) in [5.74, 6) is -1.90. The lowest BCUT2D eigenvalue weighted by Crippen LogP contribution is -2.32. The standard InChI is InChI=1S/C25H31N3O6/c1-14-18(15(2)26-20(14)25(32)34-6)22(29)19-21(16-10-7-8-11-17(16)33-5)28(24(31)23(19)30)13-9-12-27(3)4/h7-8,10-11,21,26,29H,9,12-13H2,1-6H3/t21-/m0/s1. The number of Topliss-reactive ketones (excluding diaryl/α,β-unsaturated/α-hetero) is 1. The van der Waals surface area contributed by atoms with Crippen LogP contribution in [0.1, 0.15) is 45.3 Å². The van der Waals surface area contributed by atoms with E-state index in [0.29, 0.717) is 41.1 Å². The zero-order valence-electron chi connectivity index (χ0n) is 20.4. The number of H-pyrrole nitrogens is 1. The Morgan fingerprint density at radius 3 is 2.47 bits per heavy atom. The molecule has 1 fully saturated rings. The summed E-state index contributed by atoms with van der Waals surface area (Å²) in [6, 6.07) is 6.27. The molecule has 9 nitrogen and oxygen atoms in total. The van der Waals surface area contributed by atoms with Gasteiger partial charge < -0.3 is 29.4 Å². The van der Waals surface area contributed by atoms with Crippen molar-refractivity contribution in [3.8, 4) is 5.75 Å². The molecule has 1 aliphatic rings. The SMILES string of the molecule is COC(=O)c1[nH]c(C)c(C(O)=C2C(=O)C(=O)N(CCCN(C)C)[C@H]2c2ccccc2OC)c1C. The molecule has 1 aliphatic heterocycles. The summed E-state index contributed by atoms with van der Waals surface area (Å²) in [4.78, 5) is 45.0. The highest BCUT2D eigenvalue weighted by Crippen LogP contribution is 2.43. The number of likely N-dealkylation sites (tertiary alicyclic amines) is 1. The van der Waals surface area contributed by atoms with Crippen molar-refractivity contribution in [1.82, 2.24) is 14.8 Å². The fourth-order valence-electron chi connectivity index (χ4n) is 4.43. The van der Waals surface area contributed by atoms with Gasteiger partial charge in [0, 0.05) is 23.4 Å². The van der Waals surface area contributed by atoms with Crippen LogP contribution in [0.15, 0.2) is 29.8 Å². The maximum Gasteiger partial charge on any atom is 0.354 e. The summed E-state index contributed by atoms with van der Waals surface area (Å²) in [5, 5.41) is 11.4. The van der Waals surface area contributed by atoms with Crippen LogP contribution in [0.25, 0.3) is 5.76 Å². The van der Waals surface area contributed by atoms with Crippen LogP contribution in [0.2, 0.25) is 0 Å². The Hall–Kier alpha value is -3.59. The van der Waals surface area contributed by atoms with Crippen molar-refractivity contribution in [1.29, 1.82) is 0 Å². The van der Waals surface area contributed by atoms with E-state index in [1.165, 1.54) is 19.1 Å². The summed E-state index contributed by atoms with van der Waals surface area (Å²) in [6.45, 7) is 4.37. The lowest BCUT2D eigenvalue weighted by molar-refractivity contribution is -0.140. The number of para-hydroxylation sites is 1. The molecule has 182 valence electrons. The first kappa shape index (κ1) is 25.0. The maximum atomic E-state index is 13.3. The van der Waals surface area contributed by atoms with Crippen molar-refractivity contribution in [3.05, 3.63) is 57.9 Å². The van der Waals surface area contributed by atoms with Crippen molar-refractivity contribution < 1.29 is 29.0 Å². The number of amides is 1. The van der Waals surface area contributed by atoms with E-state index >= 15 is 0 Å². The van der Waals surface area contributed by atoms with Gasteiger partial charge in [-0.15, -0.1) is 0 Å². The van der Waals surface area contributed by atoms with Gasteiger partial charge in [-0.2, -0.15) is 0 Å². The first-order valence-corrected chi connectivity index (χ1v) is 11.0. The smallest absolute Gasteiger partial charge is 0.354 e. The second kappa shape index (κ2) is 10.1. The van der Waals surface area contributed by atoms with Crippen LogP contribution in [0, 0.1) is 13.8 Å². The number of aromatic amines is 1. The lowest BCUT2D eigenvalue weighted by Gasteiger charge is -2.27. The van der Waals surface area contributed by atoms with E-state index < -0.39 is 23.7 Å². The van der Waals surface area contributed by atoms with Crippen molar-refractivity contribution in [3.63, 3.8) is 0 Å². The average molecular weight is 470 g/mol. The van der Waals surface area contributed by atoms with Gasteiger partial charge in [-0.1, -0.05) is 18.2 Å². The molecule has 9 heteroatoms. The molecule has 1 amide bonds. The number of hydrogen-bond donors (Lipinski definition) is 2. The number of aliphatic hydroxyl groups is 1. The molecule has 0 aliphatic carbocycles. The molecule has 1 aromatic carbocycles. The number of methoxy groups -OCH3 is 2. The number of nitrogens with zero attached hydrogens (tertiary/aromatic N) is 2. The molecule has 2 heterocycles. The fraction of sp³-hybridized carbons (Fsp3) is 0.400. The number of hydrogen-bond acceptors (Lipinski definition) is 7. The summed E-state index contributed by atoms with van der Waals surface area (Å²) < 4.78 is 10.3. The largest absolute Gasteiger partial charge is 0.507 e. The molecule has 0 bridgehead atoms. The Morgan fingerprint density at radius 1 is 1.18 bits per heavy atom. The average Bonchev–Trinajstić information content (AvgIpc) is 3.25. The van der Waals surface area contributed by atoms with Gasteiger partial charge in [-0.25, -0.2) is 4.79 Å². The number of rotatable bonds is 8. The fourth-order valence-corrected chi connectivity index (χ4v) is 4.43. The molecule has 1 atom stereocenters. The predicted molar refractivity (Wildman–Crippen MR) is 127 cm³/mol. The Bertz CT molecular complexity index is 1150. The van der Waals surface area contributed by atoms with E-state index in [2.05, 4.69) is 4.98 Å². The minimum atomic E-state index is -0.839. The van der Waals surface area contributed by atoms with E-state index in [9.17, 15) is 19.5 Å². The summed E-state index contributed by atoms with van der Waals surface area (Å²) in [6.07, 6.45) is 0.639. The summed E-state index contributed by atoms with van der Waals surface area (Å²) in [5.41, 5.74) is 1.94. The summed E-state index contributed by atoms with van der Waals surface area (Å²) in [7, 11) is 6.64. The molecule has 0 spiro atoms. The highest BCUT2D eigenvalue weighted by molar-refractivity contribution is 6.46. The normalized spacial score (nSPS) is 17.5. The third-order valence-electron chi connectivity index (χ3n) is 6.04. The Labute approximate surface area is 199 Å². The number of ether oxygens (including phenoxy) is 2. The van der Waals surface area contributed by atoms with Crippen LogP contribution in [0.4, 0.5) is 0 Å². The highest BCUT2D eigenvalue weighted by Gasteiger charge is 2.47. The van der Waals surface area contributed by atoms with Gasteiger partial charge in [0.25, 0.3) is 11.7 Å². The lowest BCUT2D eigenvalue weighted by atomic mass is 9.93. The van der Waals surface area contributed by atoms with Gasteiger partial charge >= 0.3 is 5.97 Å². The van der Waals surface area contributed by atoms with Crippen LogP contribution < -0.4 is 4.74 Å². The first-order valence-electron chi connectivity index (χ1n) is 11.0. The number of ketones is 1. The molecule has 0 radical (unpaired) electrons. The molecule has 34 heavy (non-hydrogen) atoms. The molecular weight excluding hydrogens is 438 g/mol. The van der Waals surface area contributed by atoms with Crippen molar-refractivity contribution in [2.24, 2.45) is 0 Å². The van der Waals surface area contributed by atoms with Crippen LogP contribution in [0.3, 0.4) is 0 Å². The van der Waals surface area contributed by atoms with Crippen LogP contribution in [0.5, 0.6) is 5.75 Å². The van der Waals surface area contributed by atoms with Crippen molar-refractivity contribution >= 4 is 23.4 Å². The van der Waals surface area contributed by atoms with Crippen LogP contribution in [-0.2, 0) is 14.3 Å². The molecule has 1 saturated heterocycles. The van der Waals surface area contributed by atoms with Gasteiger partial charge in [-0.3, -0.25) is 9.59 Å². The number of carbonyl (C=O) groups is 3. The number of carbonyl (C=O) groups excluding carboxylic acids is 3. The zero-order chi connectivity index (χ0) is 25.2. The topological polar surface area (TPSA) is 112 Å². The highest BCUT2D eigenvalue weighted by atomic mass is 16.5. The number of esters is 1. The number of aryl methyl sites for hydroxylation is 1. The van der Waals surface area contributed by atoms with E-state index in [4.69, 9.17) is 9.47 Å². The number of aliphatic hydroxyl groups excluding tert-OH is 1. The minimum absolute atomic E-state index is 0.0408. The number of aromatic nitrogens is 1. The second-order valence-corrected chi connectivity index (χ2v) is 8.51. The van der Waals surface area contributed by atoms with Gasteiger partial charge in [0.2, 0.25) is 0 Å². The first-order chi connectivity index (χ1) is 16.1. The molecule has 2 N–H and O–H groups in total. The van der Waals surface area contributed by atoms with Crippen molar-refractivity contribution in [2.45, 2.75) is 26.3 Å². The Kier molecular flexibility index (Phi) is 7.46. The van der Waals surface area contributed by atoms with Gasteiger partial charge in [-0.05, 0) is 52.5 Å². The molecule has 2 aromatic rings. The maximum absolute atomic E-state index is 13.3. The minimum Gasteiger partial charge on any atom is -0.507 e. The second-order valence-electron chi connectivity index (χ2n) is 8.51. The quantitative estimate of drug-likeness (QED) is 0.265. The monoisotopic (exact) mass is 469 g/mol. The van der Waals surface area contributed by atoms with E-state index in [-0.39, 0.29) is 17.0 Å². The van der Waals surface area contributed by atoms with E-state index in [0.717, 1.165) is 6.54 Å².